The van der Waals surface area contributed by atoms with Gasteiger partial charge in [0.2, 0.25) is 0 Å². The van der Waals surface area contributed by atoms with Crippen molar-refractivity contribution in [3.8, 4) is 0 Å². The summed E-state index contributed by atoms with van der Waals surface area (Å²) in [6, 6.07) is 3.73. The van der Waals surface area contributed by atoms with E-state index in [1.54, 1.807) is 6.07 Å². The molecule has 3 nitrogen and oxygen atoms in total. The van der Waals surface area contributed by atoms with Gasteiger partial charge in [0.25, 0.3) is 0 Å². The molecule has 6 heteroatoms. The Bertz CT molecular complexity index is 665. The molecule has 0 amide bonds. The third kappa shape index (κ3) is 3.37. The monoisotopic (exact) mass is 345 g/mol. The fraction of sp³-hybridized carbons (Fsp3) is 0.400. The van der Waals surface area contributed by atoms with Crippen LogP contribution < -0.4 is 5.32 Å². The van der Waals surface area contributed by atoms with Gasteiger partial charge in [-0.3, -0.25) is 4.68 Å². The molecule has 1 atom stereocenters. The van der Waals surface area contributed by atoms with Gasteiger partial charge in [0, 0.05) is 30.9 Å². The summed E-state index contributed by atoms with van der Waals surface area (Å²) in [7, 11) is 1.95. The van der Waals surface area contributed by atoms with Gasteiger partial charge >= 0.3 is 0 Å². The van der Waals surface area contributed by atoms with Crippen LogP contribution in [0.15, 0.2) is 12.1 Å². The predicted octanol–water partition coefficient (Wildman–Crippen LogP) is 4.85. The molecule has 1 aromatic carbocycles. The second kappa shape index (κ2) is 6.57. The summed E-state index contributed by atoms with van der Waals surface area (Å²) >= 11 is 18.3. The molecule has 0 bridgehead atoms. The zero-order valence-corrected chi connectivity index (χ0v) is 14.7. The molecule has 1 N–H and O–H groups in total. The van der Waals surface area contributed by atoms with Crippen molar-refractivity contribution in [3.05, 3.63) is 49.7 Å². The van der Waals surface area contributed by atoms with E-state index in [1.165, 1.54) is 5.56 Å². The molecule has 1 heterocycles. The SMILES string of the molecule is Cc1nn(C)c(C)c1CNC(C)c1ccc(Cl)c(Cl)c1Cl. The summed E-state index contributed by atoms with van der Waals surface area (Å²) in [5, 5.41) is 9.25. The Morgan fingerprint density at radius 3 is 2.43 bits per heavy atom. The van der Waals surface area contributed by atoms with Crippen LogP contribution in [0.4, 0.5) is 0 Å². The van der Waals surface area contributed by atoms with Crippen molar-refractivity contribution in [1.29, 1.82) is 0 Å². The molecule has 0 radical (unpaired) electrons. The van der Waals surface area contributed by atoms with Crippen molar-refractivity contribution < 1.29 is 0 Å². The van der Waals surface area contributed by atoms with E-state index in [1.807, 2.05) is 31.6 Å². The van der Waals surface area contributed by atoms with E-state index in [4.69, 9.17) is 34.8 Å². The van der Waals surface area contributed by atoms with E-state index >= 15 is 0 Å². The van der Waals surface area contributed by atoms with E-state index in [9.17, 15) is 0 Å². The minimum Gasteiger partial charge on any atom is -0.306 e. The van der Waals surface area contributed by atoms with Crippen LogP contribution in [-0.2, 0) is 13.6 Å². The topological polar surface area (TPSA) is 29.9 Å². The summed E-state index contributed by atoms with van der Waals surface area (Å²) in [4.78, 5) is 0. The van der Waals surface area contributed by atoms with Gasteiger partial charge < -0.3 is 5.32 Å². The summed E-state index contributed by atoms with van der Waals surface area (Å²) in [6.45, 7) is 6.85. The van der Waals surface area contributed by atoms with Crippen molar-refractivity contribution >= 4 is 34.8 Å². The number of hydrogen-bond donors (Lipinski definition) is 1. The van der Waals surface area contributed by atoms with Crippen LogP contribution in [0.5, 0.6) is 0 Å². The van der Waals surface area contributed by atoms with Gasteiger partial charge in [0.05, 0.1) is 20.8 Å². The molecular formula is C15H18Cl3N3. The highest BCUT2D eigenvalue weighted by Crippen LogP contribution is 2.35. The Labute approximate surface area is 140 Å². The smallest absolute Gasteiger partial charge is 0.0781 e. The Balaban J connectivity index is 2.16. The van der Waals surface area contributed by atoms with Gasteiger partial charge in [-0.25, -0.2) is 0 Å². The van der Waals surface area contributed by atoms with E-state index < -0.39 is 0 Å². The number of rotatable bonds is 4. The molecule has 0 aliphatic heterocycles. The maximum atomic E-state index is 6.27. The van der Waals surface area contributed by atoms with Gasteiger partial charge in [-0.15, -0.1) is 0 Å². The lowest BCUT2D eigenvalue weighted by atomic mass is 10.1. The minimum absolute atomic E-state index is 0.0614. The van der Waals surface area contributed by atoms with Crippen molar-refractivity contribution in [2.24, 2.45) is 7.05 Å². The van der Waals surface area contributed by atoms with E-state index in [-0.39, 0.29) is 6.04 Å². The molecule has 0 aliphatic carbocycles. The third-order valence-corrected chi connectivity index (χ3v) is 5.08. The number of nitrogens with one attached hydrogen (secondary N) is 1. The third-order valence-electron chi connectivity index (χ3n) is 3.78. The molecule has 1 unspecified atom stereocenters. The molecule has 2 aromatic rings. The van der Waals surface area contributed by atoms with E-state index in [2.05, 4.69) is 17.3 Å². The van der Waals surface area contributed by atoms with Gasteiger partial charge in [-0.1, -0.05) is 40.9 Å². The fourth-order valence-corrected chi connectivity index (χ4v) is 3.02. The number of aromatic nitrogens is 2. The summed E-state index contributed by atoms with van der Waals surface area (Å²) in [5.41, 5.74) is 4.34. The fourth-order valence-electron chi connectivity index (χ4n) is 2.31. The number of hydrogen-bond acceptors (Lipinski definition) is 2. The molecule has 114 valence electrons. The van der Waals surface area contributed by atoms with Crippen LogP contribution in [0.25, 0.3) is 0 Å². The molecule has 2 rings (SSSR count). The molecule has 0 fully saturated rings. The lowest BCUT2D eigenvalue weighted by Crippen LogP contribution is -2.19. The molecular weight excluding hydrogens is 329 g/mol. The first-order valence-corrected chi connectivity index (χ1v) is 7.82. The van der Waals surface area contributed by atoms with Crippen LogP contribution in [0, 0.1) is 13.8 Å². The van der Waals surface area contributed by atoms with Crippen molar-refractivity contribution in [2.75, 3.05) is 0 Å². The van der Waals surface area contributed by atoms with Crippen molar-refractivity contribution in [2.45, 2.75) is 33.4 Å². The van der Waals surface area contributed by atoms with Gasteiger partial charge in [0.15, 0.2) is 0 Å². The second-order valence-electron chi connectivity index (χ2n) is 5.14. The summed E-state index contributed by atoms with van der Waals surface area (Å²) < 4.78 is 1.89. The normalized spacial score (nSPS) is 12.7. The Hall–Kier alpha value is -0.740. The lowest BCUT2D eigenvalue weighted by molar-refractivity contribution is 0.572. The largest absolute Gasteiger partial charge is 0.306 e. The quantitative estimate of drug-likeness (QED) is 0.802. The highest BCUT2D eigenvalue weighted by Gasteiger charge is 2.16. The lowest BCUT2D eigenvalue weighted by Gasteiger charge is -2.17. The standard InChI is InChI=1S/C15H18Cl3N3/c1-8(11-5-6-13(16)15(18)14(11)17)19-7-12-9(2)20-21(4)10(12)3/h5-6,8,19H,7H2,1-4H3. The Morgan fingerprint density at radius 2 is 1.86 bits per heavy atom. The predicted molar refractivity (Wildman–Crippen MR) is 89.4 cm³/mol. The molecule has 0 aliphatic rings. The Morgan fingerprint density at radius 1 is 1.19 bits per heavy atom. The van der Waals surface area contributed by atoms with E-state index in [0.29, 0.717) is 15.1 Å². The van der Waals surface area contributed by atoms with Crippen LogP contribution in [0.3, 0.4) is 0 Å². The van der Waals surface area contributed by atoms with Crippen LogP contribution >= 0.6 is 34.8 Å². The summed E-state index contributed by atoms with van der Waals surface area (Å²) in [6.07, 6.45) is 0. The molecule has 0 saturated carbocycles. The maximum absolute atomic E-state index is 6.27. The second-order valence-corrected chi connectivity index (χ2v) is 6.30. The maximum Gasteiger partial charge on any atom is 0.0781 e. The van der Waals surface area contributed by atoms with Crippen LogP contribution in [-0.4, -0.2) is 9.78 Å². The number of aryl methyl sites for hydroxylation is 2. The first-order chi connectivity index (χ1) is 9.82. The zero-order chi connectivity index (χ0) is 15.7. The van der Waals surface area contributed by atoms with Crippen LogP contribution in [0.1, 0.15) is 35.5 Å². The molecule has 1 aromatic heterocycles. The van der Waals surface area contributed by atoms with E-state index in [0.717, 1.165) is 23.5 Å². The highest BCUT2D eigenvalue weighted by atomic mass is 35.5. The highest BCUT2D eigenvalue weighted by molar-refractivity contribution is 6.48. The average molecular weight is 347 g/mol. The van der Waals surface area contributed by atoms with Gasteiger partial charge in [-0.05, 0) is 32.4 Å². The van der Waals surface area contributed by atoms with Crippen LogP contribution in [0.2, 0.25) is 15.1 Å². The number of benzene rings is 1. The minimum atomic E-state index is 0.0614. The first-order valence-electron chi connectivity index (χ1n) is 6.68. The zero-order valence-electron chi connectivity index (χ0n) is 12.5. The van der Waals surface area contributed by atoms with Gasteiger partial charge in [-0.2, -0.15) is 5.10 Å². The molecule has 0 saturated heterocycles. The molecule has 0 spiro atoms. The Kier molecular flexibility index (Phi) is 5.20. The van der Waals surface area contributed by atoms with Crippen molar-refractivity contribution in [1.82, 2.24) is 15.1 Å². The van der Waals surface area contributed by atoms with Crippen molar-refractivity contribution in [3.63, 3.8) is 0 Å². The number of halogens is 3. The average Bonchev–Trinajstić information content (AvgIpc) is 2.67. The summed E-state index contributed by atoms with van der Waals surface area (Å²) in [5.74, 6) is 0. The van der Waals surface area contributed by atoms with Gasteiger partial charge in [0.1, 0.15) is 0 Å². The number of nitrogens with zero attached hydrogens (tertiary/aromatic N) is 2. The first kappa shape index (κ1) is 16.6. The molecule has 21 heavy (non-hydrogen) atoms.